The van der Waals surface area contributed by atoms with Crippen molar-refractivity contribution in [3.63, 3.8) is 0 Å². The summed E-state index contributed by atoms with van der Waals surface area (Å²) in [7, 11) is 0. The minimum Gasteiger partial charge on any atom is -0.508 e. The summed E-state index contributed by atoms with van der Waals surface area (Å²) in [4.78, 5) is 16.0. The molecule has 0 saturated heterocycles. The zero-order valence-corrected chi connectivity index (χ0v) is 10.9. The summed E-state index contributed by atoms with van der Waals surface area (Å²) in [5.74, 6) is 1.01. The van der Waals surface area contributed by atoms with E-state index in [1.807, 2.05) is 13.8 Å². The van der Waals surface area contributed by atoms with E-state index < -0.39 is 0 Å². The van der Waals surface area contributed by atoms with Crippen molar-refractivity contribution in [1.29, 1.82) is 0 Å². The SMILES string of the molecule is CC(C)Cn1ccnc(Oc2ccc(O)cc2)c1=O. The van der Waals surface area contributed by atoms with Crippen LogP contribution in [0.25, 0.3) is 0 Å². The standard InChI is InChI=1S/C14H16N2O3/c1-10(2)9-16-8-7-15-13(14(16)18)19-12-5-3-11(17)4-6-12/h3-8,10,17H,9H2,1-2H3. The molecule has 1 N–H and O–H groups in total. The third-order valence-corrected chi connectivity index (χ3v) is 2.50. The molecule has 2 rings (SSSR count). The molecule has 5 nitrogen and oxygen atoms in total. The molecule has 0 unspecified atom stereocenters. The second-order valence-corrected chi connectivity index (χ2v) is 4.68. The molecule has 100 valence electrons. The van der Waals surface area contributed by atoms with Crippen molar-refractivity contribution in [2.24, 2.45) is 5.92 Å². The van der Waals surface area contributed by atoms with Crippen molar-refractivity contribution in [2.75, 3.05) is 0 Å². The topological polar surface area (TPSA) is 64.3 Å². The zero-order valence-electron chi connectivity index (χ0n) is 10.9. The first-order chi connectivity index (χ1) is 9.06. The van der Waals surface area contributed by atoms with E-state index in [-0.39, 0.29) is 17.2 Å². The predicted octanol–water partition coefficient (Wildman–Crippen LogP) is 2.40. The van der Waals surface area contributed by atoms with E-state index in [2.05, 4.69) is 4.98 Å². The lowest BCUT2D eigenvalue weighted by atomic mass is 10.2. The van der Waals surface area contributed by atoms with Crippen LogP contribution in [0, 0.1) is 5.92 Å². The highest BCUT2D eigenvalue weighted by Crippen LogP contribution is 2.19. The van der Waals surface area contributed by atoms with Gasteiger partial charge in [0.15, 0.2) is 0 Å². The van der Waals surface area contributed by atoms with Gasteiger partial charge in [-0.15, -0.1) is 0 Å². The maximum Gasteiger partial charge on any atom is 0.313 e. The van der Waals surface area contributed by atoms with Crippen LogP contribution in [0.2, 0.25) is 0 Å². The van der Waals surface area contributed by atoms with Gasteiger partial charge in [0.25, 0.3) is 5.88 Å². The van der Waals surface area contributed by atoms with Crippen LogP contribution in [0.1, 0.15) is 13.8 Å². The van der Waals surface area contributed by atoms with E-state index in [1.165, 1.54) is 12.1 Å². The Morgan fingerprint density at radius 2 is 2.00 bits per heavy atom. The van der Waals surface area contributed by atoms with Gasteiger partial charge in [-0.1, -0.05) is 13.8 Å². The van der Waals surface area contributed by atoms with Crippen molar-refractivity contribution in [3.05, 3.63) is 47.0 Å². The molecule has 0 aliphatic rings. The summed E-state index contributed by atoms with van der Waals surface area (Å²) in [5.41, 5.74) is -0.260. The van der Waals surface area contributed by atoms with Crippen LogP contribution >= 0.6 is 0 Å². The number of rotatable bonds is 4. The quantitative estimate of drug-likeness (QED) is 0.916. The Balaban J connectivity index is 2.25. The molecule has 0 aliphatic carbocycles. The number of hydrogen-bond acceptors (Lipinski definition) is 4. The molecular formula is C14H16N2O3. The van der Waals surface area contributed by atoms with Gasteiger partial charge in [0.05, 0.1) is 0 Å². The number of phenolic OH excluding ortho intramolecular Hbond substituents is 1. The average molecular weight is 260 g/mol. The van der Waals surface area contributed by atoms with Crippen LogP contribution in [0.5, 0.6) is 17.4 Å². The molecule has 1 aromatic carbocycles. The summed E-state index contributed by atoms with van der Waals surface area (Å²) in [6.45, 7) is 4.69. The molecule has 0 atom stereocenters. The van der Waals surface area contributed by atoms with E-state index in [0.29, 0.717) is 18.2 Å². The van der Waals surface area contributed by atoms with Gasteiger partial charge in [0.2, 0.25) is 0 Å². The molecule has 1 heterocycles. The summed E-state index contributed by atoms with van der Waals surface area (Å²) in [5, 5.41) is 9.18. The highest BCUT2D eigenvalue weighted by Gasteiger charge is 2.08. The number of nitrogens with zero attached hydrogens (tertiary/aromatic N) is 2. The number of phenols is 1. The molecule has 0 aliphatic heterocycles. The van der Waals surface area contributed by atoms with Gasteiger partial charge >= 0.3 is 5.56 Å². The van der Waals surface area contributed by atoms with E-state index in [4.69, 9.17) is 4.74 Å². The highest BCUT2D eigenvalue weighted by atomic mass is 16.5. The Morgan fingerprint density at radius 1 is 1.32 bits per heavy atom. The highest BCUT2D eigenvalue weighted by molar-refractivity contribution is 5.32. The van der Waals surface area contributed by atoms with Crippen molar-refractivity contribution >= 4 is 0 Å². The first-order valence-electron chi connectivity index (χ1n) is 6.08. The molecule has 19 heavy (non-hydrogen) atoms. The van der Waals surface area contributed by atoms with E-state index in [1.54, 1.807) is 29.1 Å². The Bertz CT molecular complexity index is 603. The second-order valence-electron chi connectivity index (χ2n) is 4.68. The maximum absolute atomic E-state index is 12.1. The fourth-order valence-electron chi connectivity index (χ4n) is 1.66. The molecular weight excluding hydrogens is 244 g/mol. The van der Waals surface area contributed by atoms with Crippen LogP contribution in [-0.4, -0.2) is 14.7 Å². The first kappa shape index (κ1) is 13.1. The van der Waals surface area contributed by atoms with Gasteiger partial charge in [-0.25, -0.2) is 4.98 Å². The van der Waals surface area contributed by atoms with E-state index in [9.17, 15) is 9.90 Å². The minimum absolute atomic E-state index is 0.0360. The lowest BCUT2D eigenvalue weighted by Gasteiger charge is -2.10. The number of ether oxygens (including phenoxy) is 1. The average Bonchev–Trinajstić information content (AvgIpc) is 2.36. The summed E-state index contributed by atoms with van der Waals surface area (Å²) in [6, 6.07) is 6.14. The Morgan fingerprint density at radius 3 is 2.63 bits per heavy atom. The normalized spacial score (nSPS) is 10.7. The fourth-order valence-corrected chi connectivity index (χ4v) is 1.66. The lowest BCUT2D eigenvalue weighted by Crippen LogP contribution is -2.23. The van der Waals surface area contributed by atoms with Crippen LogP contribution in [-0.2, 0) is 6.54 Å². The molecule has 0 bridgehead atoms. The molecule has 2 aromatic rings. The monoisotopic (exact) mass is 260 g/mol. The Kier molecular flexibility index (Phi) is 3.85. The first-order valence-corrected chi connectivity index (χ1v) is 6.08. The van der Waals surface area contributed by atoms with E-state index >= 15 is 0 Å². The molecule has 1 aromatic heterocycles. The lowest BCUT2D eigenvalue weighted by molar-refractivity contribution is 0.429. The maximum atomic E-state index is 12.1. The molecule has 5 heteroatoms. The summed E-state index contributed by atoms with van der Waals surface area (Å²) in [6.07, 6.45) is 3.19. The largest absolute Gasteiger partial charge is 0.508 e. The van der Waals surface area contributed by atoms with Crippen molar-refractivity contribution in [2.45, 2.75) is 20.4 Å². The van der Waals surface area contributed by atoms with Crippen LogP contribution in [0.4, 0.5) is 0 Å². The third kappa shape index (κ3) is 3.34. The van der Waals surface area contributed by atoms with Crippen molar-refractivity contribution in [1.82, 2.24) is 9.55 Å². The van der Waals surface area contributed by atoms with E-state index in [0.717, 1.165) is 0 Å². The third-order valence-electron chi connectivity index (χ3n) is 2.50. The van der Waals surface area contributed by atoms with Gasteiger partial charge in [-0.2, -0.15) is 0 Å². The number of hydrogen-bond donors (Lipinski definition) is 1. The van der Waals surface area contributed by atoms with Gasteiger partial charge < -0.3 is 14.4 Å². The zero-order chi connectivity index (χ0) is 13.8. The summed E-state index contributed by atoms with van der Waals surface area (Å²) >= 11 is 0. The Hall–Kier alpha value is -2.30. The molecule has 0 fully saturated rings. The molecule has 0 saturated carbocycles. The predicted molar refractivity (Wildman–Crippen MR) is 71.5 cm³/mol. The van der Waals surface area contributed by atoms with Gasteiger partial charge in [0, 0.05) is 18.9 Å². The second kappa shape index (κ2) is 5.56. The van der Waals surface area contributed by atoms with Crippen molar-refractivity contribution < 1.29 is 9.84 Å². The van der Waals surface area contributed by atoms with Crippen molar-refractivity contribution in [3.8, 4) is 17.4 Å². The molecule has 0 spiro atoms. The fraction of sp³-hybridized carbons (Fsp3) is 0.286. The van der Waals surface area contributed by atoms with Crippen LogP contribution < -0.4 is 10.3 Å². The van der Waals surface area contributed by atoms with Crippen LogP contribution in [0.15, 0.2) is 41.5 Å². The molecule has 0 radical (unpaired) electrons. The smallest absolute Gasteiger partial charge is 0.313 e. The minimum atomic E-state index is -0.260. The van der Waals surface area contributed by atoms with Gasteiger partial charge in [-0.3, -0.25) is 4.79 Å². The Labute approximate surface area is 111 Å². The molecule has 0 amide bonds. The van der Waals surface area contributed by atoms with Crippen LogP contribution in [0.3, 0.4) is 0 Å². The van der Waals surface area contributed by atoms with Gasteiger partial charge in [0.1, 0.15) is 11.5 Å². The number of aromatic nitrogens is 2. The number of benzene rings is 1. The van der Waals surface area contributed by atoms with Gasteiger partial charge in [-0.05, 0) is 30.2 Å². The number of aromatic hydroxyl groups is 1. The summed E-state index contributed by atoms with van der Waals surface area (Å²) < 4.78 is 7.01.